The molecule has 206 valence electrons. The van der Waals surface area contributed by atoms with Crippen LogP contribution < -0.4 is 27.4 Å². The Balaban J connectivity index is 2.17. The summed E-state index contributed by atoms with van der Waals surface area (Å²) in [4.78, 5) is 50.3. The fourth-order valence-corrected chi connectivity index (χ4v) is 3.73. The maximum atomic E-state index is 13.4. The molecule has 0 aliphatic carbocycles. The Hall–Kier alpha value is -3.96. The zero-order valence-electron chi connectivity index (χ0n) is 21.4. The van der Waals surface area contributed by atoms with Gasteiger partial charge in [0.05, 0.1) is 6.04 Å². The highest BCUT2D eigenvalue weighted by Crippen LogP contribution is 2.12. The largest absolute Gasteiger partial charge is 0.508 e. The van der Waals surface area contributed by atoms with Gasteiger partial charge >= 0.3 is 5.97 Å². The van der Waals surface area contributed by atoms with Gasteiger partial charge in [0.15, 0.2) is 0 Å². The van der Waals surface area contributed by atoms with E-state index in [-0.39, 0.29) is 25.0 Å². The molecule has 38 heavy (non-hydrogen) atoms. The number of nitrogens with one attached hydrogen (secondary N) is 3. The molecule has 9 N–H and O–H groups in total. The van der Waals surface area contributed by atoms with Crippen molar-refractivity contribution in [2.45, 2.75) is 63.2 Å². The zero-order chi connectivity index (χ0) is 28.1. The highest BCUT2D eigenvalue weighted by molar-refractivity contribution is 5.94. The van der Waals surface area contributed by atoms with Crippen LogP contribution in [-0.4, -0.2) is 64.6 Å². The molecule has 4 atom stereocenters. The summed E-state index contributed by atoms with van der Waals surface area (Å²) in [6.45, 7) is 1.73. The number of carboxylic acid groups (broad SMARTS) is 1. The first-order valence-corrected chi connectivity index (χ1v) is 12.5. The third kappa shape index (κ3) is 10.2. The highest BCUT2D eigenvalue weighted by atomic mass is 16.4. The van der Waals surface area contributed by atoms with Crippen LogP contribution in [0.4, 0.5) is 0 Å². The Bertz CT molecular complexity index is 1060. The number of amides is 3. The van der Waals surface area contributed by atoms with Crippen molar-refractivity contribution >= 4 is 23.7 Å². The van der Waals surface area contributed by atoms with Gasteiger partial charge in [0.2, 0.25) is 17.7 Å². The third-order valence-electron chi connectivity index (χ3n) is 5.95. The maximum absolute atomic E-state index is 13.4. The van der Waals surface area contributed by atoms with E-state index in [9.17, 15) is 24.3 Å². The Morgan fingerprint density at radius 3 is 1.97 bits per heavy atom. The molecule has 0 aromatic heterocycles. The number of rotatable bonds is 15. The molecule has 11 heteroatoms. The molecule has 4 unspecified atom stereocenters. The molecule has 2 aromatic carbocycles. The minimum absolute atomic E-state index is 0.0918. The topological polar surface area (TPSA) is 197 Å². The van der Waals surface area contributed by atoms with Gasteiger partial charge in [0.25, 0.3) is 0 Å². The highest BCUT2D eigenvalue weighted by Gasteiger charge is 2.29. The Kier molecular flexibility index (Phi) is 12.2. The summed E-state index contributed by atoms with van der Waals surface area (Å²) in [6, 6.07) is 11.2. The predicted molar refractivity (Wildman–Crippen MR) is 142 cm³/mol. The molecule has 0 spiro atoms. The van der Waals surface area contributed by atoms with Crippen molar-refractivity contribution in [2.75, 3.05) is 6.54 Å². The summed E-state index contributed by atoms with van der Waals surface area (Å²) in [7, 11) is 0. The van der Waals surface area contributed by atoms with E-state index < -0.39 is 47.9 Å². The number of carboxylic acids is 1. The lowest BCUT2D eigenvalue weighted by Gasteiger charge is -2.25. The number of unbranched alkanes of at least 4 members (excludes halogenated alkanes) is 1. The molecule has 0 saturated carbocycles. The van der Waals surface area contributed by atoms with Crippen molar-refractivity contribution in [1.82, 2.24) is 16.0 Å². The van der Waals surface area contributed by atoms with Gasteiger partial charge in [-0.25, -0.2) is 0 Å². The lowest BCUT2D eigenvalue weighted by Crippen LogP contribution is -2.57. The summed E-state index contributed by atoms with van der Waals surface area (Å²) in [5, 5.41) is 26.3. The minimum Gasteiger partial charge on any atom is -0.508 e. The number of nitrogens with two attached hydrogens (primary N) is 2. The molecule has 2 rings (SSSR count). The first-order chi connectivity index (χ1) is 18.1. The van der Waals surface area contributed by atoms with Gasteiger partial charge in [-0.05, 0) is 62.4 Å². The second-order valence-corrected chi connectivity index (χ2v) is 9.14. The summed E-state index contributed by atoms with van der Waals surface area (Å²) >= 11 is 0. The maximum Gasteiger partial charge on any atom is 0.325 e. The van der Waals surface area contributed by atoms with Crippen LogP contribution in [0, 0.1) is 0 Å². The van der Waals surface area contributed by atoms with Crippen LogP contribution in [0.5, 0.6) is 5.75 Å². The van der Waals surface area contributed by atoms with Gasteiger partial charge in [-0.2, -0.15) is 0 Å². The zero-order valence-corrected chi connectivity index (χ0v) is 21.4. The normalized spacial score (nSPS) is 14.0. The fraction of sp³-hybridized carbons (Fsp3) is 0.407. The average molecular weight is 528 g/mol. The van der Waals surface area contributed by atoms with E-state index in [0.29, 0.717) is 19.4 Å². The van der Waals surface area contributed by atoms with Gasteiger partial charge in [-0.1, -0.05) is 42.5 Å². The summed E-state index contributed by atoms with van der Waals surface area (Å²) in [6.07, 6.45) is 1.72. The molecule has 0 saturated heterocycles. The fourth-order valence-electron chi connectivity index (χ4n) is 3.73. The quantitative estimate of drug-likeness (QED) is 0.159. The van der Waals surface area contributed by atoms with Gasteiger partial charge in [0.1, 0.15) is 23.9 Å². The number of phenolic OH excluding ortho intramolecular Hbond substituents is 1. The van der Waals surface area contributed by atoms with Gasteiger partial charge in [-0.15, -0.1) is 0 Å². The Morgan fingerprint density at radius 1 is 0.789 bits per heavy atom. The molecule has 2 aromatic rings. The Morgan fingerprint density at radius 2 is 1.37 bits per heavy atom. The van der Waals surface area contributed by atoms with E-state index in [0.717, 1.165) is 11.1 Å². The van der Waals surface area contributed by atoms with E-state index in [2.05, 4.69) is 16.0 Å². The van der Waals surface area contributed by atoms with Gasteiger partial charge in [0, 0.05) is 6.42 Å². The summed E-state index contributed by atoms with van der Waals surface area (Å²) < 4.78 is 0. The SMILES string of the molecule is CC(NC(=O)C(CCCCN)NC(=O)C(Cc1ccccc1)NC(=O)C(N)Cc1ccc(O)cc1)C(=O)O. The van der Waals surface area contributed by atoms with Crippen molar-refractivity contribution in [1.29, 1.82) is 0 Å². The molecule has 0 heterocycles. The number of phenols is 1. The van der Waals surface area contributed by atoms with Gasteiger partial charge in [-0.3, -0.25) is 19.2 Å². The molecule has 11 nitrogen and oxygen atoms in total. The molecule has 3 amide bonds. The number of carbonyl (C=O) groups excluding carboxylic acids is 3. The van der Waals surface area contributed by atoms with Gasteiger partial charge < -0.3 is 37.6 Å². The second kappa shape index (κ2) is 15.3. The smallest absolute Gasteiger partial charge is 0.325 e. The lowest BCUT2D eigenvalue weighted by molar-refractivity contribution is -0.141. The number of hydrogen-bond donors (Lipinski definition) is 7. The molecule has 0 bridgehead atoms. The van der Waals surface area contributed by atoms with Crippen molar-refractivity contribution in [3.8, 4) is 5.75 Å². The summed E-state index contributed by atoms with van der Waals surface area (Å²) in [5.41, 5.74) is 13.2. The number of aliphatic carboxylic acids is 1. The van der Waals surface area contributed by atoms with Crippen LogP contribution in [0.3, 0.4) is 0 Å². The van der Waals surface area contributed by atoms with E-state index in [1.165, 1.54) is 19.1 Å². The number of benzene rings is 2. The van der Waals surface area contributed by atoms with Crippen LogP contribution in [0.25, 0.3) is 0 Å². The molecular weight excluding hydrogens is 490 g/mol. The molecular formula is C27H37N5O6. The van der Waals surface area contributed by atoms with Crippen molar-refractivity contribution < 1.29 is 29.4 Å². The Labute approximate surface area is 222 Å². The van der Waals surface area contributed by atoms with E-state index in [4.69, 9.17) is 16.6 Å². The molecule has 0 aliphatic heterocycles. The standard InChI is InChI=1S/C27H37N5O6/c1-17(27(37)38)30-25(35)22(9-5-6-14-28)31-26(36)23(16-18-7-3-2-4-8-18)32-24(34)21(29)15-19-10-12-20(33)13-11-19/h2-4,7-8,10-13,17,21-23,33H,5-6,9,14-16,28-29H2,1H3,(H,30,35)(H,31,36)(H,32,34)(H,37,38). The van der Waals surface area contributed by atoms with Crippen molar-refractivity contribution in [3.05, 3.63) is 65.7 Å². The lowest BCUT2D eigenvalue weighted by atomic mass is 10.0. The minimum atomic E-state index is -1.21. The molecule has 0 radical (unpaired) electrons. The third-order valence-corrected chi connectivity index (χ3v) is 5.95. The summed E-state index contributed by atoms with van der Waals surface area (Å²) in [5.74, 6) is -2.91. The van der Waals surface area contributed by atoms with Crippen LogP contribution in [0.2, 0.25) is 0 Å². The van der Waals surface area contributed by atoms with E-state index in [1.807, 2.05) is 18.2 Å². The van der Waals surface area contributed by atoms with Crippen LogP contribution >= 0.6 is 0 Å². The van der Waals surface area contributed by atoms with Crippen LogP contribution in [-0.2, 0) is 32.0 Å². The van der Waals surface area contributed by atoms with E-state index in [1.54, 1.807) is 24.3 Å². The average Bonchev–Trinajstić information content (AvgIpc) is 2.89. The second-order valence-electron chi connectivity index (χ2n) is 9.14. The predicted octanol–water partition coefficient (Wildman–Crippen LogP) is 0.193. The molecule has 0 fully saturated rings. The van der Waals surface area contributed by atoms with Crippen molar-refractivity contribution in [3.63, 3.8) is 0 Å². The van der Waals surface area contributed by atoms with E-state index >= 15 is 0 Å². The number of aromatic hydroxyl groups is 1. The van der Waals surface area contributed by atoms with Crippen molar-refractivity contribution in [2.24, 2.45) is 11.5 Å². The van der Waals surface area contributed by atoms with Crippen LogP contribution in [0.1, 0.15) is 37.3 Å². The first-order valence-electron chi connectivity index (χ1n) is 12.5. The first kappa shape index (κ1) is 30.3. The molecule has 0 aliphatic rings. The van der Waals surface area contributed by atoms with Crippen LogP contribution in [0.15, 0.2) is 54.6 Å². The number of hydrogen-bond acceptors (Lipinski definition) is 7. The monoisotopic (exact) mass is 527 g/mol. The number of carbonyl (C=O) groups is 4.